The molecular formula is C22H23N7O2. The van der Waals surface area contributed by atoms with Crippen LogP contribution >= 0.6 is 0 Å². The minimum Gasteiger partial charge on any atom is -0.350 e. The molecule has 31 heavy (non-hydrogen) atoms. The van der Waals surface area contributed by atoms with Gasteiger partial charge in [0.05, 0.1) is 35.4 Å². The highest BCUT2D eigenvalue weighted by molar-refractivity contribution is 5.95. The van der Waals surface area contributed by atoms with Gasteiger partial charge >= 0.3 is 0 Å². The molecular weight excluding hydrogens is 394 g/mol. The van der Waals surface area contributed by atoms with Crippen LogP contribution in [0.25, 0.3) is 11.5 Å². The van der Waals surface area contributed by atoms with Gasteiger partial charge in [0.1, 0.15) is 0 Å². The van der Waals surface area contributed by atoms with E-state index in [1.165, 1.54) is 10.7 Å². The van der Waals surface area contributed by atoms with Gasteiger partial charge in [0.25, 0.3) is 11.5 Å². The maximum Gasteiger partial charge on any atom is 0.266 e. The Morgan fingerprint density at radius 1 is 1.00 bits per heavy atom. The first kappa shape index (κ1) is 20.3. The first-order valence-electron chi connectivity index (χ1n) is 9.94. The quantitative estimate of drug-likeness (QED) is 0.517. The maximum atomic E-state index is 12.6. The lowest BCUT2D eigenvalue weighted by Crippen LogP contribution is -2.32. The third-order valence-electron chi connectivity index (χ3n) is 4.94. The van der Waals surface area contributed by atoms with Crippen LogP contribution in [0.2, 0.25) is 0 Å². The van der Waals surface area contributed by atoms with E-state index in [1.807, 2.05) is 57.2 Å². The second kappa shape index (κ2) is 8.39. The molecule has 9 nitrogen and oxygen atoms in total. The Kier molecular flexibility index (Phi) is 5.48. The second-order valence-corrected chi connectivity index (χ2v) is 7.24. The number of aromatic nitrogens is 6. The first-order valence-corrected chi connectivity index (χ1v) is 9.94. The van der Waals surface area contributed by atoms with E-state index in [0.717, 1.165) is 22.8 Å². The fourth-order valence-electron chi connectivity index (χ4n) is 3.40. The van der Waals surface area contributed by atoms with E-state index >= 15 is 0 Å². The Hall–Kier alpha value is -4.01. The average molecular weight is 417 g/mol. The molecule has 0 radical (unpaired) electrons. The average Bonchev–Trinajstić information content (AvgIpc) is 3.31. The number of rotatable bonds is 6. The van der Waals surface area contributed by atoms with Gasteiger partial charge in [-0.15, -0.1) is 5.10 Å². The lowest BCUT2D eigenvalue weighted by atomic mass is 10.2. The summed E-state index contributed by atoms with van der Waals surface area (Å²) in [5, 5.41) is 15.9. The Morgan fingerprint density at radius 3 is 2.48 bits per heavy atom. The molecule has 0 spiro atoms. The third-order valence-corrected chi connectivity index (χ3v) is 4.94. The molecule has 3 heterocycles. The van der Waals surface area contributed by atoms with Gasteiger partial charge in [0.15, 0.2) is 5.82 Å². The number of hydrogen-bond donors (Lipinski definition) is 1. The fourth-order valence-corrected chi connectivity index (χ4v) is 3.40. The van der Waals surface area contributed by atoms with Gasteiger partial charge < -0.3 is 5.32 Å². The molecule has 0 saturated carbocycles. The number of hydrogen-bond acceptors (Lipinski definition) is 5. The van der Waals surface area contributed by atoms with E-state index in [1.54, 1.807) is 21.6 Å². The lowest BCUT2D eigenvalue weighted by Gasteiger charge is -2.09. The van der Waals surface area contributed by atoms with Gasteiger partial charge in [-0.2, -0.15) is 10.2 Å². The monoisotopic (exact) mass is 417 g/mol. The van der Waals surface area contributed by atoms with Gasteiger partial charge in [0.2, 0.25) is 0 Å². The van der Waals surface area contributed by atoms with Crippen molar-refractivity contribution in [1.82, 2.24) is 34.7 Å². The summed E-state index contributed by atoms with van der Waals surface area (Å²) in [4.78, 5) is 24.8. The molecule has 0 aliphatic carbocycles. The van der Waals surface area contributed by atoms with Crippen LogP contribution in [0.1, 0.15) is 27.4 Å². The summed E-state index contributed by atoms with van der Waals surface area (Å²) >= 11 is 0. The molecule has 3 aromatic heterocycles. The van der Waals surface area contributed by atoms with Crippen molar-refractivity contribution in [2.24, 2.45) is 0 Å². The summed E-state index contributed by atoms with van der Waals surface area (Å²) in [6.45, 7) is 6.16. The molecule has 4 rings (SSSR count). The predicted octanol–water partition coefficient (Wildman–Crippen LogP) is 1.97. The second-order valence-electron chi connectivity index (χ2n) is 7.24. The van der Waals surface area contributed by atoms with Crippen LogP contribution in [0.15, 0.2) is 59.5 Å². The summed E-state index contributed by atoms with van der Waals surface area (Å²) in [6.07, 6.45) is 1.55. The van der Waals surface area contributed by atoms with Gasteiger partial charge in [-0.25, -0.2) is 14.0 Å². The minimum atomic E-state index is -0.248. The number of amides is 1. The highest BCUT2D eigenvalue weighted by Gasteiger charge is 2.15. The SMILES string of the molecule is Cc1cc(C)n(-c2ccc(=O)n(CCNC(=O)c3cnn(-c4ccccc4)c3C)n2)n1. The van der Waals surface area contributed by atoms with Crippen molar-refractivity contribution in [3.63, 3.8) is 0 Å². The van der Waals surface area contributed by atoms with Crippen molar-refractivity contribution in [1.29, 1.82) is 0 Å². The Bertz CT molecular complexity index is 1280. The first-order chi connectivity index (χ1) is 14.9. The Balaban J connectivity index is 1.45. The van der Waals surface area contributed by atoms with Crippen molar-refractivity contribution in [3.8, 4) is 11.5 Å². The van der Waals surface area contributed by atoms with Crippen molar-refractivity contribution in [2.75, 3.05) is 6.54 Å². The predicted molar refractivity (Wildman–Crippen MR) is 116 cm³/mol. The summed E-state index contributed by atoms with van der Waals surface area (Å²) in [7, 11) is 0. The smallest absolute Gasteiger partial charge is 0.266 e. The van der Waals surface area contributed by atoms with Crippen LogP contribution in [0.3, 0.4) is 0 Å². The standard InChI is InChI=1S/C22H23N7O2/c1-15-13-16(2)28(25-15)20-9-10-21(30)27(26-20)12-11-23-22(31)19-14-24-29(17(19)3)18-7-5-4-6-8-18/h4-10,13-14H,11-12H2,1-3H3,(H,23,31). The zero-order valence-electron chi connectivity index (χ0n) is 17.6. The minimum absolute atomic E-state index is 0.240. The summed E-state index contributed by atoms with van der Waals surface area (Å²) < 4.78 is 4.73. The van der Waals surface area contributed by atoms with Gasteiger partial charge in [-0.3, -0.25) is 9.59 Å². The molecule has 9 heteroatoms. The summed E-state index contributed by atoms with van der Waals surface area (Å²) in [6, 6.07) is 14.6. The third kappa shape index (κ3) is 4.16. The van der Waals surface area contributed by atoms with Crippen LogP contribution in [0, 0.1) is 20.8 Å². The van der Waals surface area contributed by atoms with Crippen LogP contribution < -0.4 is 10.9 Å². The highest BCUT2D eigenvalue weighted by Crippen LogP contribution is 2.13. The van der Waals surface area contributed by atoms with Crippen molar-refractivity contribution in [3.05, 3.63) is 87.7 Å². The number of carbonyl (C=O) groups excluding carboxylic acids is 1. The molecule has 0 fully saturated rings. The zero-order valence-corrected chi connectivity index (χ0v) is 17.6. The molecule has 0 atom stereocenters. The number of para-hydroxylation sites is 1. The van der Waals surface area contributed by atoms with E-state index in [-0.39, 0.29) is 24.6 Å². The Labute approximate surface area is 178 Å². The highest BCUT2D eigenvalue weighted by atomic mass is 16.2. The molecule has 0 aliphatic heterocycles. The van der Waals surface area contributed by atoms with Crippen LogP contribution in [0.4, 0.5) is 0 Å². The van der Waals surface area contributed by atoms with E-state index < -0.39 is 0 Å². The number of nitrogens with one attached hydrogen (secondary N) is 1. The molecule has 0 bridgehead atoms. The number of carbonyl (C=O) groups is 1. The van der Waals surface area contributed by atoms with E-state index in [2.05, 4.69) is 20.6 Å². The molecule has 1 amide bonds. The number of aryl methyl sites for hydroxylation is 2. The summed E-state index contributed by atoms with van der Waals surface area (Å²) in [5.41, 5.74) is 3.67. The topological polar surface area (TPSA) is 99.6 Å². The molecule has 1 N–H and O–H groups in total. The van der Waals surface area contributed by atoms with Crippen molar-refractivity contribution < 1.29 is 4.79 Å². The number of nitrogens with zero attached hydrogens (tertiary/aromatic N) is 6. The van der Waals surface area contributed by atoms with Gasteiger partial charge in [0, 0.05) is 18.3 Å². The van der Waals surface area contributed by atoms with E-state index in [4.69, 9.17) is 0 Å². The van der Waals surface area contributed by atoms with Crippen LogP contribution in [-0.4, -0.2) is 41.8 Å². The maximum absolute atomic E-state index is 12.6. The number of benzene rings is 1. The molecule has 0 saturated heterocycles. The largest absolute Gasteiger partial charge is 0.350 e. The molecule has 158 valence electrons. The van der Waals surface area contributed by atoms with Crippen LogP contribution in [-0.2, 0) is 6.54 Å². The summed E-state index contributed by atoms with van der Waals surface area (Å²) in [5.74, 6) is 0.305. The van der Waals surface area contributed by atoms with Crippen LogP contribution in [0.5, 0.6) is 0 Å². The van der Waals surface area contributed by atoms with E-state index in [9.17, 15) is 9.59 Å². The zero-order chi connectivity index (χ0) is 22.0. The fraction of sp³-hybridized carbons (Fsp3) is 0.227. The van der Waals surface area contributed by atoms with Crippen molar-refractivity contribution >= 4 is 5.91 Å². The molecule has 0 aliphatic rings. The molecule has 1 aromatic carbocycles. The van der Waals surface area contributed by atoms with Gasteiger partial charge in [-0.05, 0) is 45.0 Å². The van der Waals surface area contributed by atoms with Crippen molar-refractivity contribution in [2.45, 2.75) is 27.3 Å². The molecule has 4 aromatic rings. The van der Waals surface area contributed by atoms with Gasteiger partial charge in [-0.1, -0.05) is 18.2 Å². The van der Waals surface area contributed by atoms with E-state index in [0.29, 0.717) is 11.4 Å². The molecule has 0 unspecified atom stereocenters. The lowest BCUT2D eigenvalue weighted by molar-refractivity contribution is 0.0951. The Morgan fingerprint density at radius 2 is 1.77 bits per heavy atom. The normalized spacial score (nSPS) is 10.9.